The Morgan fingerprint density at radius 3 is 1.34 bits per heavy atom. The van der Waals surface area contributed by atoms with E-state index in [1.807, 2.05) is 5.06 Å². The van der Waals surface area contributed by atoms with Gasteiger partial charge in [0, 0.05) is 12.8 Å². The zero-order valence-electron chi connectivity index (χ0n) is 40.4. The van der Waals surface area contributed by atoms with Gasteiger partial charge in [-0.25, -0.2) is 5.06 Å². The SMILES string of the molecule is CCCCCCCCCCON(C(=O)CCCCN(C)C)C(CCCCCCCOC(=O)CCCCCCCCC)CCC(CCCCCC)CCCCCCCC. The fourth-order valence-electron chi connectivity index (χ4n) is 8.40. The zero-order valence-corrected chi connectivity index (χ0v) is 40.4. The van der Waals surface area contributed by atoms with Gasteiger partial charge < -0.3 is 9.64 Å². The van der Waals surface area contributed by atoms with Crippen LogP contribution >= 0.6 is 0 Å². The summed E-state index contributed by atoms with van der Waals surface area (Å²) >= 11 is 0. The normalized spacial score (nSPS) is 12.7. The molecule has 0 aromatic carbocycles. The number of unbranched alkanes of at least 4 members (excludes halogenated alkanes) is 26. The number of hydroxylamine groups is 2. The smallest absolute Gasteiger partial charge is 0.305 e. The van der Waals surface area contributed by atoms with Crippen molar-refractivity contribution in [3.05, 3.63) is 0 Å². The predicted octanol–water partition coefficient (Wildman–Crippen LogP) is 16.1. The molecule has 0 saturated carbocycles. The first-order chi connectivity index (χ1) is 28.4. The Morgan fingerprint density at radius 1 is 0.414 bits per heavy atom. The molecule has 6 nitrogen and oxygen atoms in total. The van der Waals surface area contributed by atoms with Crippen molar-refractivity contribution in [2.45, 2.75) is 284 Å². The van der Waals surface area contributed by atoms with E-state index in [1.54, 1.807) is 0 Å². The van der Waals surface area contributed by atoms with Crippen LogP contribution < -0.4 is 0 Å². The van der Waals surface area contributed by atoms with Crippen molar-refractivity contribution in [2.24, 2.45) is 5.92 Å². The molecule has 0 aliphatic carbocycles. The molecule has 0 aromatic heterocycles. The van der Waals surface area contributed by atoms with Crippen LogP contribution in [0.15, 0.2) is 0 Å². The number of carbonyl (C=O) groups is 2. The topological polar surface area (TPSA) is 59.1 Å². The van der Waals surface area contributed by atoms with Gasteiger partial charge >= 0.3 is 5.97 Å². The summed E-state index contributed by atoms with van der Waals surface area (Å²) in [5, 5.41) is 1.92. The maximum atomic E-state index is 14.0. The Labute approximate surface area is 363 Å². The lowest BCUT2D eigenvalue weighted by molar-refractivity contribution is -0.203. The molecule has 346 valence electrons. The summed E-state index contributed by atoms with van der Waals surface area (Å²) in [6.07, 6.45) is 46.7. The summed E-state index contributed by atoms with van der Waals surface area (Å²) in [7, 11) is 4.23. The second kappa shape index (κ2) is 45.4. The van der Waals surface area contributed by atoms with Gasteiger partial charge in [0.15, 0.2) is 0 Å². The molecule has 6 heteroatoms. The minimum absolute atomic E-state index is 0.0185. The van der Waals surface area contributed by atoms with E-state index in [0.717, 1.165) is 89.5 Å². The molecule has 0 saturated heterocycles. The van der Waals surface area contributed by atoms with Crippen molar-refractivity contribution < 1.29 is 19.2 Å². The molecule has 0 N–H and O–H groups in total. The van der Waals surface area contributed by atoms with Crippen LogP contribution in [0.4, 0.5) is 0 Å². The number of hydrogen-bond acceptors (Lipinski definition) is 5. The fraction of sp³-hybridized carbons (Fsp3) is 0.962. The largest absolute Gasteiger partial charge is 0.466 e. The van der Waals surface area contributed by atoms with E-state index >= 15 is 0 Å². The average molecular weight is 821 g/mol. The molecule has 0 aliphatic heterocycles. The van der Waals surface area contributed by atoms with Crippen molar-refractivity contribution in [1.82, 2.24) is 9.96 Å². The molecule has 0 aliphatic rings. The number of amides is 1. The van der Waals surface area contributed by atoms with Gasteiger partial charge in [-0.15, -0.1) is 0 Å². The second-order valence-electron chi connectivity index (χ2n) is 18.4. The maximum Gasteiger partial charge on any atom is 0.305 e. The molecule has 0 fully saturated rings. The number of esters is 1. The molecule has 0 bridgehead atoms. The number of ether oxygens (including phenoxy) is 1. The molecule has 0 aromatic rings. The van der Waals surface area contributed by atoms with Gasteiger partial charge in [0.2, 0.25) is 5.91 Å². The van der Waals surface area contributed by atoms with E-state index < -0.39 is 0 Å². The zero-order chi connectivity index (χ0) is 42.6. The highest BCUT2D eigenvalue weighted by Gasteiger charge is 2.26. The summed E-state index contributed by atoms with van der Waals surface area (Å²) in [6, 6.07) is 0.158. The van der Waals surface area contributed by atoms with E-state index in [9.17, 15) is 9.59 Å². The lowest BCUT2D eigenvalue weighted by atomic mass is 9.88. The number of nitrogens with zero attached hydrogens (tertiary/aromatic N) is 2. The third kappa shape index (κ3) is 39.0. The molecule has 2 atom stereocenters. The van der Waals surface area contributed by atoms with Crippen molar-refractivity contribution in [3.63, 3.8) is 0 Å². The summed E-state index contributed by atoms with van der Waals surface area (Å²) in [4.78, 5) is 35.1. The Hall–Kier alpha value is -1.14. The first-order valence-electron chi connectivity index (χ1n) is 26.1. The quantitative estimate of drug-likeness (QED) is 0.0348. The standard InChI is InChI=1S/C52H104N2O4/c1-7-11-15-19-22-24-30-38-48-58-54(51(55)42-35-36-46-53(5)6)50(45-44-49(39-31-18-14-10-4)40-32-26-21-17-13-9-3)41-33-27-25-29-37-47-57-52(56)43-34-28-23-20-16-12-8-2/h49-50H,7-48H2,1-6H3. The van der Waals surface area contributed by atoms with Crippen molar-refractivity contribution in [3.8, 4) is 0 Å². The van der Waals surface area contributed by atoms with E-state index in [1.165, 1.54) is 161 Å². The number of rotatable bonds is 47. The van der Waals surface area contributed by atoms with Crippen LogP contribution in [0.1, 0.15) is 278 Å². The Bertz CT molecular complexity index is 851. The first kappa shape index (κ1) is 56.9. The van der Waals surface area contributed by atoms with Gasteiger partial charge in [0.1, 0.15) is 0 Å². The molecule has 0 spiro atoms. The van der Waals surface area contributed by atoms with Crippen LogP contribution in [0.3, 0.4) is 0 Å². The highest BCUT2D eigenvalue weighted by Crippen LogP contribution is 2.28. The highest BCUT2D eigenvalue weighted by atomic mass is 16.7. The maximum absolute atomic E-state index is 14.0. The van der Waals surface area contributed by atoms with Gasteiger partial charge in [0.05, 0.1) is 19.3 Å². The highest BCUT2D eigenvalue weighted by molar-refractivity contribution is 5.75. The van der Waals surface area contributed by atoms with Crippen LogP contribution in [0, 0.1) is 5.92 Å². The average Bonchev–Trinajstić information content (AvgIpc) is 3.21. The summed E-state index contributed by atoms with van der Waals surface area (Å²) in [5.41, 5.74) is 0. The van der Waals surface area contributed by atoms with Crippen molar-refractivity contribution in [2.75, 3.05) is 33.9 Å². The summed E-state index contributed by atoms with van der Waals surface area (Å²) in [6.45, 7) is 11.4. The Balaban J connectivity index is 5.37. The van der Waals surface area contributed by atoms with Crippen LogP contribution in [0.25, 0.3) is 0 Å². The molecule has 0 rings (SSSR count). The minimum Gasteiger partial charge on any atom is -0.466 e. The van der Waals surface area contributed by atoms with Crippen molar-refractivity contribution in [1.29, 1.82) is 0 Å². The Kier molecular flexibility index (Phi) is 44.5. The molecule has 2 unspecified atom stereocenters. The monoisotopic (exact) mass is 821 g/mol. The fourth-order valence-corrected chi connectivity index (χ4v) is 8.40. The van der Waals surface area contributed by atoms with E-state index in [-0.39, 0.29) is 17.9 Å². The van der Waals surface area contributed by atoms with Crippen molar-refractivity contribution >= 4 is 11.9 Å². The van der Waals surface area contributed by atoms with Gasteiger partial charge in [-0.2, -0.15) is 0 Å². The summed E-state index contributed by atoms with van der Waals surface area (Å²) < 4.78 is 5.57. The Morgan fingerprint density at radius 2 is 0.828 bits per heavy atom. The predicted molar refractivity (Wildman–Crippen MR) is 252 cm³/mol. The third-order valence-electron chi connectivity index (χ3n) is 12.3. The molecule has 0 radical (unpaired) electrons. The summed E-state index contributed by atoms with van der Waals surface area (Å²) in [5.74, 6) is 0.941. The van der Waals surface area contributed by atoms with Gasteiger partial charge in [-0.3, -0.25) is 14.4 Å². The van der Waals surface area contributed by atoms with Crippen LogP contribution in [-0.2, 0) is 19.2 Å². The molecule has 0 heterocycles. The third-order valence-corrected chi connectivity index (χ3v) is 12.3. The lowest BCUT2D eigenvalue weighted by Crippen LogP contribution is -2.41. The van der Waals surface area contributed by atoms with Gasteiger partial charge in [0.25, 0.3) is 0 Å². The van der Waals surface area contributed by atoms with Crippen LogP contribution in [0.5, 0.6) is 0 Å². The number of carbonyl (C=O) groups excluding carboxylic acids is 2. The molecular weight excluding hydrogens is 717 g/mol. The van der Waals surface area contributed by atoms with E-state index in [2.05, 4.69) is 46.7 Å². The molecular formula is C52H104N2O4. The van der Waals surface area contributed by atoms with Crippen LogP contribution in [0.2, 0.25) is 0 Å². The van der Waals surface area contributed by atoms with Crippen LogP contribution in [-0.4, -0.2) is 61.7 Å². The first-order valence-corrected chi connectivity index (χ1v) is 26.1. The molecule has 58 heavy (non-hydrogen) atoms. The molecule has 1 amide bonds. The lowest BCUT2D eigenvalue weighted by Gasteiger charge is -2.32. The van der Waals surface area contributed by atoms with Gasteiger partial charge in [-0.1, -0.05) is 214 Å². The van der Waals surface area contributed by atoms with Gasteiger partial charge in [-0.05, 0) is 77.9 Å². The van der Waals surface area contributed by atoms with E-state index in [4.69, 9.17) is 9.57 Å². The minimum atomic E-state index is -0.0185. The second-order valence-corrected chi connectivity index (χ2v) is 18.4. The number of hydrogen-bond donors (Lipinski definition) is 0. The van der Waals surface area contributed by atoms with E-state index in [0.29, 0.717) is 26.1 Å².